The van der Waals surface area contributed by atoms with Crippen molar-refractivity contribution >= 4 is 11.7 Å². The highest BCUT2D eigenvalue weighted by Crippen LogP contribution is 2.44. The number of hydrogen-bond acceptors (Lipinski definition) is 6. The van der Waals surface area contributed by atoms with E-state index < -0.39 is 11.8 Å². The van der Waals surface area contributed by atoms with Gasteiger partial charge in [0.25, 0.3) is 0 Å². The average Bonchev–Trinajstić information content (AvgIpc) is 2.56. The zero-order chi connectivity index (χ0) is 17.3. The minimum Gasteiger partial charge on any atom is -0.504 e. The quantitative estimate of drug-likeness (QED) is 0.888. The monoisotopic (exact) mass is 326 g/mol. The SMILES string of the molecule is CCOc1cc(C2C3=C(CCCC3=O)OC(=N)C2C#N)ccc1O. The molecule has 0 saturated heterocycles. The molecule has 0 fully saturated rings. The highest BCUT2D eigenvalue weighted by Gasteiger charge is 2.42. The van der Waals surface area contributed by atoms with Crippen LogP contribution in [0.15, 0.2) is 29.5 Å². The van der Waals surface area contributed by atoms with E-state index in [1.807, 2.05) is 0 Å². The molecule has 0 amide bonds. The summed E-state index contributed by atoms with van der Waals surface area (Å²) >= 11 is 0. The summed E-state index contributed by atoms with van der Waals surface area (Å²) in [4.78, 5) is 12.5. The molecule has 1 aliphatic heterocycles. The van der Waals surface area contributed by atoms with Crippen LogP contribution in [-0.4, -0.2) is 23.4 Å². The van der Waals surface area contributed by atoms with E-state index in [4.69, 9.17) is 14.9 Å². The van der Waals surface area contributed by atoms with Crippen molar-refractivity contribution in [2.24, 2.45) is 5.92 Å². The first-order chi connectivity index (χ1) is 11.6. The molecule has 2 aliphatic rings. The third-order valence-corrected chi connectivity index (χ3v) is 4.35. The minimum atomic E-state index is -0.871. The fourth-order valence-corrected chi connectivity index (χ4v) is 3.29. The summed E-state index contributed by atoms with van der Waals surface area (Å²) in [7, 11) is 0. The van der Waals surface area contributed by atoms with Crippen LogP contribution in [0.1, 0.15) is 37.7 Å². The van der Waals surface area contributed by atoms with Crippen molar-refractivity contribution in [2.45, 2.75) is 32.1 Å². The summed E-state index contributed by atoms with van der Waals surface area (Å²) in [6.07, 6.45) is 1.70. The van der Waals surface area contributed by atoms with E-state index in [-0.39, 0.29) is 17.4 Å². The van der Waals surface area contributed by atoms with Gasteiger partial charge in [-0.05, 0) is 31.0 Å². The van der Waals surface area contributed by atoms with Crippen LogP contribution in [-0.2, 0) is 9.53 Å². The van der Waals surface area contributed by atoms with Gasteiger partial charge in [-0.2, -0.15) is 5.26 Å². The molecule has 0 aromatic heterocycles. The second-order valence-corrected chi connectivity index (χ2v) is 5.82. The van der Waals surface area contributed by atoms with Crippen molar-refractivity contribution in [1.82, 2.24) is 0 Å². The lowest BCUT2D eigenvalue weighted by Crippen LogP contribution is -2.34. The number of ketones is 1. The molecule has 2 N–H and O–H groups in total. The molecule has 0 saturated carbocycles. The number of benzene rings is 1. The number of nitrogens with zero attached hydrogens (tertiary/aromatic N) is 1. The number of nitriles is 1. The van der Waals surface area contributed by atoms with Crippen LogP contribution in [0.2, 0.25) is 0 Å². The van der Waals surface area contributed by atoms with Crippen LogP contribution >= 0.6 is 0 Å². The van der Waals surface area contributed by atoms with Gasteiger partial charge in [-0.3, -0.25) is 10.2 Å². The standard InChI is InChI=1S/C18H18N2O4/c1-2-23-15-8-10(6-7-12(15)21)16-11(9-19)18(20)24-14-5-3-4-13(22)17(14)16/h6-8,11,16,20-21H,2-5H2,1H3. The number of phenols is 1. The number of allylic oxidation sites excluding steroid dienone is 2. The van der Waals surface area contributed by atoms with Crippen molar-refractivity contribution in [3.05, 3.63) is 35.1 Å². The number of carbonyl (C=O) groups excluding carboxylic acids is 1. The number of carbonyl (C=O) groups is 1. The Morgan fingerprint density at radius 3 is 2.96 bits per heavy atom. The highest BCUT2D eigenvalue weighted by atomic mass is 16.5. The summed E-state index contributed by atoms with van der Waals surface area (Å²) in [5, 5.41) is 27.4. The Balaban J connectivity index is 2.14. The molecule has 1 heterocycles. The maximum atomic E-state index is 12.5. The number of Topliss-reactive ketones (excluding diaryl/α,β-unsaturated/α-hetero) is 1. The normalized spacial score (nSPS) is 23.3. The molecule has 24 heavy (non-hydrogen) atoms. The predicted molar refractivity (Wildman–Crippen MR) is 85.8 cm³/mol. The van der Waals surface area contributed by atoms with E-state index in [9.17, 15) is 15.2 Å². The van der Waals surface area contributed by atoms with Crippen molar-refractivity contribution in [3.8, 4) is 17.6 Å². The molecule has 1 aromatic rings. The molecule has 1 aliphatic carbocycles. The molecule has 2 unspecified atom stereocenters. The van der Waals surface area contributed by atoms with E-state index in [0.717, 1.165) is 0 Å². The summed E-state index contributed by atoms with van der Waals surface area (Å²) in [5.74, 6) is -0.819. The Morgan fingerprint density at radius 2 is 2.25 bits per heavy atom. The Morgan fingerprint density at radius 1 is 1.46 bits per heavy atom. The van der Waals surface area contributed by atoms with Gasteiger partial charge in [0.1, 0.15) is 11.7 Å². The molecule has 124 valence electrons. The van der Waals surface area contributed by atoms with Crippen LogP contribution in [0.25, 0.3) is 0 Å². The van der Waals surface area contributed by atoms with Gasteiger partial charge in [-0.1, -0.05) is 6.07 Å². The van der Waals surface area contributed by atoms with Crippen molar-refractivity contribution in [3.63, 3.8) is 0 Å². The van der Waals surface area contributed by atoms with Gasteiger partial charge >= 0.3 is 0 Å². The van der Waals surface area contributed by atoms with Gasteiger partial charge in [0.2, 0.25) is 5.90 Å². The maximum Gasteiger partial charge on any atom is 0.205 e. The van der Waals surface area contributed by atoms with Crippen molar-refractivity contribution < 1.29 is 19.4 Å². The zero-order valence-electron chi connectivity index (χ0n) is 13.3. The molecule has 0 bridgehead atoms. The second kappa shape index (κ2) is 6.36. The van der Waals surface area contributed by atoms with Crippen LogP contribution < -0.4 is 4.74 Å². The zero-order valence-corrected chi connectivity index (χ0v) is 13.3. The fraction of sp³-hybridized carbons (Fsp3) is 0.389. The largest absolute Gasteiger partial charge is 0.504 e. The Labute approximate surface area is 139 Å². The van der Waals surface area contributed by atoms with E-state index in [0.29, 0.717) is 48.5 Å². The Bertz CT molecular complexity index is 776. The fourth-order valence-electron chi connectivity index (χ4n) is 3.29. The average molecular weight is 326 g/mol. The first kappa shape index (κ1) is 16.1. The number of ether oxygens (including phenoxy) is 2. The molecule has 0 radical (unpaired) electrons. The van der Waals surface area contributed by atoms with Crippen LogP contribution in [0.4, 0.5) is 0 Å². The van der Waals surface area contributed by atoms with Gasteiger partial charge in [0.05, 0.1) is 12.7 Å². The van der Waals surface area contributed by atoms with E-state index in [2.05, 4.69) is 6.07 Å². The van der Waals surface area contributed by atoms with Gasteiger partial charge in [0.15, 0.2) is 17.3 Å². The summed E-state index contributed by atoms with van der Waals surface area (Å²) in [6, 6.07) is 6.87. The topological polar surface area (TPSA) is 103 Å². The molecule has 1 aromatic carbocycles. The van der Waals surface area contributed by atoms with Gasteiger partial charge in [0, 0.05) is 24.3 Å². The lowest BCUT2D eigenvalue weighted by molar-refractivity contribution is -0.116. The van der Waals surface area contributed by atoms with Crippen LogP contribution in [0.3, 0.4) is 0 Å². The van der Waals surface area contributed by atoms with E-state index in [1.165, 1.54) is 6.07 Å². The number of rotatable bonds is 3. The van der Waals surface area contributed by atoms with Crippen LogP contribution in [0.5, 0.6) is 11.5 Å². The molecule has 0 spiro atoms. The number of aromatic hydroxyl groups is 1. The number of nitrogens with one attached hydrogen (secondary N) is 1. The van der Waals surface area contributed by atoms with Crippen LogP contribution in [0, 0.1) is 22.7 Å². The Kier molecular flexibility index (Phi) is 4.26. The van der Waals surface area contributed by atoms with Crippen molar-refractivity contribution in [2.75, 3.05) is 6.61 Å². The molecule has 6 nitrogen and oxygen atoms in total. The Hall–Kier alpha value is -2.81. The summed E-state index contributed by atoms with van der Waals surface area (Å²) in [5.41, 5.74) is 1.15. The number of phenolic OH excluding ortho intramolecular Hbond substituents is 1. The lowest BCUT2D eigenvalue weighted by atomic mass is 9.74. The molecule has 6 heteroatoms. The van der Waals surface area contributed by atoms with Gasteiger partial charge < -0.3 is 14.6 Å². The van der Waals surface area contributed by atoms with Crippen molar-refractivity contribution in [1.29, 1.82) is 10.7 Å². The first-order valence-electron chi connectivity index (χ1n) is 7.94. The minimum absolute atomic E-state index is 0.000386. The predicted octanol–water partition coefficient (Wildman–Crippen LogP) is 3.03. The van der Waals surface area contributed by atoms with E-state index >= 15 is 0 Å². The third-order valence-electron chi connectivity index (χ3n) is 4.35. The summed E-state index contributed by atoms with van der Waals surface area (Å²) < 4.78 is 10.9. The lowest BCUT2D eigenvalue weighted by Gasteiger charge is -2.34. The van der Waals surface area contributed by atoms with E-state index in [1.54, 1.807) is 19.1 Å². The number of hydrogen-bond donors (Lipinski definition) is 2. The van der Waals surface area contributed by atoms with Gasteiger partial charge in [-0.15, -0.1) is 0 Å². The first-order valence-corrected chi connectivity index (χ1v) is 7.94. The smallest absolute Gasteiger partial charge is 0.205 e. The summed E-state index contributed by atoms with van der Waals surface area (Å²) in [6.45, 7) is 2.19. The second-order valence-electron chi connectivity index (χ2n) is 5.82. The molecule has 2 atom stereocenters. The third kappa shape index (κ3) is 2.62. The maximum absolute atomic E-state index is 12.5. The molecule has 3 rings (SSSR count). The molecular weight excluding hydrogens is 308 g/mol. The van der Waals surface area contributed by atoms with Gasteiger partial charge in [-0.25, -0.2) is 0 Å². The molecular formula is C18H18N2O4. The highest BCUT2D eigenvalue weighted by molar-refractivity contribution is 6.01.